The van der Waals surface area contributed by atoms with Crippen molar-refractivity contribution < 1.29 is 4.65 Å². The Morgan fingerprint density at radius 1 is 0.917 bits per heavy atom. The molecule has 0 saturated carbocycles. The lowest BCUT2D eigenvalue weighted by atomic mass is 9.41. The molecule has 3 aromatic rings. The van der Waals surface area contributed by atoms with E-state index < -0.39 is 6.48 Å². The van der Waals surface area contributed by atoms with Gasteiger partial charge in [-0.3, -0.25) is 0 Å². The Hall–Kier alpha value is -2.86. The fraction of sp³-hybridized carbons (Fsp3) is 0.111. The van der Waals surface area contributed by atoms with Crippen LogP contribution in [0, 0.1) is 0 Å². The van der Waals surface area contributed by atoms with Crippen molar-refractivity contribution >= 4 is 29.0 Å². The van der Waals surface area contributed by atoms with E-state index in [1.165, 1.54) is 6.33 Å². The second kappa shape index (κ2) is 5.98. The number of benzene rings is 2. The average molecular weight is 317 g/mol. The van der Waals surface area contributed by atoms with Crippen molar-refractivity contribution in [1.82, 2.24) is 9.97 Å². The van der Waals surface area contributed by atoms with Gasteiger partial charge in [0.05, 0.1) is 5.82 Å². The van der Waals surface area contributed by atoms with Crippen molar-refractivity contribution in [1.29, 1.82) is 0 Å². The van der Waals surface area contributed by atoms with Gasteiger partial charge in [-0.25, -0.2) is 9.97 Å². The third kappa shape index (κ3) is 2.32. The molecule has 6 heteroatoms. The monoisotopic (exact) mass is 317 g/mol. The molecule has 1 aliphatic rings. The van der Waals surface area contributed by atoms with Crippen molar-refractivity contribution in [2.75, 3.05) is 23.7 Å². The lowest BCUT2D eigenvalue weighted by Gasteiger charge is -2.46. The molecule has 1 fully saturated rings. The molecular formula is C18H18BN4O-. The minimum absolute atomic E-state index is 0.456. The number of rotatable bonds is 3. The van der Waals surface area contributed by atoms with Gasteiger partial charge in [0.2, 0.25) is 0 Å². The highest BCUT2D eigenvalue weighted by molar-refractivity contribution is 7.00. The van der Waals surface area contributed by atoms with Gasteiger partial charge < -0.3 is 15.2 Å². The molecule has 120 valence electrons. The third-order valence-corrected chi connectivity index (χ3v) is 4.60. The lowest BCUT2D eigenvalue weighted by Crippen LogP contribution is -2.69. The smallest absolute Gasteiger partial charge is 0.269 e. The standard InChI is InChI=1S/C18H18BN4O/c20-17-13-18(22-14-21-17)23-11-12-24-19(23,15-7-3-1-4-8-15)16-9-5-2-6-10-16/h1-10,13-14H,11-12H2,(H2,20,21,22)/q-1. The first kappa shape index (κ1) is 14.7. The average Bonchev–Trinajstić information content (AvgIpc) is 3.09. The number of hydrogen-bond donors (Lipinski definition) is 1. The molecule has 2 heterocycles. The molecule has 1 saturated heterocycles. The van der Waals surface area contributed by atoms with Gasteiger partial charge in [0.25, 0.3) is 6.48 Å². The van der Waals surface area contributed by atoms with Gasteiger partial charge in [0.15, 0.2) is 0 Å². The van der Waals surface area contributed by atoms with Crippen LogP contribution in [0.2, 0.25) is 0 Å². The van der Waals surface area contributed by atoms with Crippen LogP contribution in [0.25, 0.3) is 0 Å². The molecule has 0 radical (unpaired) electrons. The molecule has 5 nitrogen and oxygen atoms in total. The summed E-state index contributed by atoms with van der Waals surface area (Å²) in [6.45, 7) is -0.178. The van der Waals surface area contributed by atoms with Crippen molar-refractivity contribution in [2.45, 2.75) is 0 Å². The summed E-state index contributed by atoms with van der Waals surface area (Å²) in [5.74, 6) is 1.24. The van der Waals surface area contributed by atoms with Crippen molar-refractivity contribution in [3.05, 3.63) is 73.1 Å². The maximum absolute atomic E-state index is 6.41. The summed E-state index contributed by atoms with van der Waals surface area (Å²) in [7, 11) is 0. The number of nitrogen functional groups attached to an aromatic ring is 1. The number of nitrogens with zero attached hydrogens (tertiary/aromatic N) is 3. The Balaban J connectivity index is 1.93. The summed E-state index contributed by atoms with van der Waals surface area (Å²) in [5.41, 5.74) is 8.13. The van der Waals surface area contributed by atoms with E-state index in [2.05, 4.69) is 39.0 Å². The Bertz CT molecular complexity index is 789. The predicted molar refractivity (Wildman–Crippen MR) is 97.6 cm³/mol. The fourth-order valence-electron chi connectivity index (χ4n) is 3.59. The maximum atomic E-state index is 6.41. The molecule has 0 bridgehead atoms. The van der Waals surface area contributed by atoms with Gasteiger partial charge in [-0.1, -0.05) is 60.7 Å². The Kier molecular flexibility index (Phi) is 3.67. The number of anilines is 2. The maximum Gasteiger partial charge on any atom is 0.269 e. The van der Waals surface area contributed by atoms with Gasteiger partial charge in [0, 0.05) is 19.2 Å². The van der Waals surface area contributed by atoms with E-state index in [0.717, 1.165) is 23.3 Å². The van der Waals surface area contributed by atoms with E-state index in [0.29, 0.717) is 12.4 Å². The van der Waals surface area contributed by atoms with Gasteiger partial charge in [-0.2, -0.15) is 10.9 Å². The second-order valence-electron chi connectivity index (χ2n) is 5.93. The van der Waals surface area contributed by atoms with Crippen molar-refractivity contribution in [3.8, 4) is 0 Å². The highest BCUT2D eigenvalue weighted by Crippen LogP contribution is 2.25. The summed E-state index contributed by atoms with van der Waals surface area (Å²) in [4.78, 5) is 10.7. The summed E-state index contributed by atoms with van der Waals surface area (Å²) in [5, 5.41) is 0. The zero-order chi connectivity index (χ0) is 16.4. The zero-order valence-corrected chi connectivity index (χ0v) is 13.2. The van der Waals surface area contributed by atoms with Crippen LogP contribution in [0.15, 0.2) is 73.1 Å². The first-order chi connectivity index (χ1) is 11.8. The van der Waals surface area contributed by atoms with E-state index in [4.69, 9.17) is 10.4 Å². The fourth-order valence-corrected chi connectivity index (χ4v) is 3.59. The van der Waals surface area contributed by atoms with Crippen LogP contribution in [0.4, 0.5) is 11.6 Å². The van der Waals surface area contributed by atoms with Crippen LogP contribution in [-0.2, 0) is 4.65 Å². The van der Waals surface area contributed by atoms with E-state index in [1.807, 2.05) is 36.4 Å². The largest absolute Gasteiger partial charge is 0.565 e. The van der Waals surface area contributed by atoms with Gasteiger partial charge in [-0.05, 0) is 0 Å². The minimum Gasteiger partial charge on any atom is -0.565 e. The Morgan fingerprint density at radius 2 is 1.54 bits per heavy atom. The molecule has 0 atom stereocenters. The Morgan fingerprint density at radius 3 is 2.12 bits per heavy atom. The highest BCUT2D eigenvalue weighted by atomic mass is 16.5. The lowest BCUT2D eigenvalue weighted by molar-refractivity contribution is 0.367. The summed E-state index contributed by atoms with van der Waals surface area (Å²) in [6, 6.07) is 22.4. The topological polar surface area (TPSA) is 64.3 Å². The van der Waals surface area contributed by atoms with Crippen LogP contribution < -0.4 is 21.5 Å². The van der Waals surface area contributed by atoms with Crippen LogP contribution in [0.1, 0.15) is 0 Å². The molecule has 2 N–H and O–H groups in total. The number of nitrogens with two attached hydrogens (primary N) is 1. The zero-order valence-electron chi connectivity index (χ0n) is 13.2. The highest BCUT2D eigenvalue weighted by Gasteiger charge is 2.40. The normalized spacial score (nSPS) is 16.2. The first-order valence-corrected chi connectivity index (χ1v) is 8.05. The molecule has 4 rings (SSSR count). The van der Waals surface area contributed by atoms with Gasteiger partial charge in [-0.15, -0.1) is 0 Å². The SMILES string of the molecule is Nc1cc(N2CCO[B-]2(c2ccccc2)c2ccccc2)ncn1. The number of hydrogen-bond acceptors (Lipinski definition) is 5. The molecule has 0 spiro atoms. The van der Waals surface area contributed by atoms with Crippen LogP contribution in [0.3, 0.4) is 0 Å². The molecule has 0 amide bonds. The van der Waals surface area contributed by atoms with Crippen LogP contribution in [0.5, 0.6) is 0 Å². The van der Waals surface area contributed by atoms with Crippen LogP contribution >= 0.6 is 0 Å². The second-order valence-corrected chi connectivity index (χ2v) is 5.93. The predicted octanol–water partition coefficient (Wildman–Crippen LogP) is 1.15. The quantitative estimate of drug-likeness (QED) is 0.734. The molecule has 0 aliphatic carbocycles. The molecule has 0 unspecified atom stereocenters. The van der Waals surface area contributed by atoms with Crippen molar-refractivity contribution in [2.24, 2.45) is 0 Å². The molecule has 1 aromatic heterocycles. The molecule has 2 aromatic carbocycles. The summed E-state index contributed by atoms with van der Waals surface area (Å²) < 4.78 is 6.41. The van der Waals surface area contributed by atoms with Gasteiger partial charge >= 0.3 is 0 Å². The molecular weight excluding hydrogens is 299 g/mol. The first-order valence-electron chi connectivity index (χ1n) is 8.05. The number of aromatic nitrogens is 2. The van der Waals surface area contributed by atoms with E-state index >= 15 is 0 Å². The van der Waals surface area contributed by atoms with Gasteiger partial charge in [0.1, 0.15) is 12.1 Å². The van der Waals surface area contributed by atoms with E-state index in [9.17, 15) is 0 Å². The molecule has 24 heavy (non-hydrogen) atoms. The van der Waals surface area contributed by atoms with Crippen molar-refractivity contribution in [3.63, 3.8) is 0 Å². The summed E-state index contributed by atoms with van der Waals surface area (Å²) >= 11 is 0. The van der Waals surface area contributed by atoms with E-state index in [-0.39, 0.29) is 0 Å². The molecule has 1 aliphatic heterocycles. The minimum atomic E-state index is -1.56. The van der Waals surface area contributed by atoms with Crippen LogP contribution in [-0.4, -0.2) is 29.6 Å². The van der Waals surface area contributed by atoms with E-state index in [1.54, 1.807) is 6.07 Å². The summed E-state index contributed by atoms with van der Waals surface area (Å²) in [6.07, 6.45) is 1.50. The Labute approximate surface area is 141 Å². The third-order valence-electron chi connectivity index (χ3n) is 4.60.